The van der Waals surface area contributed by atoms with Crippen LogP contribution in [0.4, 0.5) is 0 Å². The lowest BCUT2D eigenvalue weighted by molar-refractivity contribution is 0.221. The van der Waals surface area contributed by atoms with Crippen molar-refractivity contribution in [2.24, 2.45) is 0 Å². The summed E-state index contributed by atoms with van der Waals surface area (Å²) >= 11 is 11.0. The van der Waals surface area contributed by atoms with Crippen LogP contribution in [-0.2, 0) is 20.2 Å². The summed E-state index contributed by atoms with van der Waals surface area (Å²) in [5.74, 6) is 0.554. The Morgan fingerprint density at radius 3 is 2.35 bits per heavy atom. The van der Waals surface area contributed by atoms with Crippen LogP contribution in [0.5, 0.6) is 0 Å². The molecule has 0 aliphatic heterocycles. The molecule has 0 aliphatic carbocycles. The standard InChI is InChI=1S/C9H15Cl2N2O3P/c10-1-6-15-17(14,16-7-2-11)8-5-13-4-3-12-9-13/h3-4,9H,1-2,5-8H2. The van der Waals surface area contributed by atoms with Gasteiger partial charge in [-0.3, -0.25) is 4.57 Å². The van der Waals surface area contributed by atoms with Gasteiger partial charge in [0, 0.05) is 30.7 Å². The highest BCUT2D eigenvalue weighted by atomic mass is 35.5. The normalized spacial score (nSPS) is 11.9. The quantitative estimate of drug-likeness (QED) is 0.519. The second kappa shape index (κ2) is 8.11. The lowest BCUT2D eigenvalue weighted by Gasteiger charge is -2.17. The summed E-state index contributed by atoms with van der Waals surface area (Å²) in [6, 6.07) is 0. The first-order valence-electron chi connectivity index (χ1n) is 5.16. The molecule has 1 heterocycles. The fraction of sp³-hybridized carbons (Fsp3) is 0.667. The van der Waals surface area contributed by atoms with Crippen molar-refractivity contribution in [3.05, 3.63) is 18.7 Å². The maximum Gasteiger partial charge on any atom is 0.332 e. The molecule has 0 radical (unpaired) electrons. The molecule has 1 rings (SSSR count). The summed E-state index contributed by atoms with van der Waals surface area (Å²) < 4.78 is 24.4. The maximum absolute atomic E-state index is 12.2. The van der Waals surface area contributed by atoms with E-state index in [1.807, 2.05) is 0 Å². The van der Waals surface area contributed by atoms with Gasteiger partial charge in [0.15, 0.2) is 0 Å². The van der Waals surface area contributed by atoms with Crippen molar-refractivity contribution in [2.45, 2.75) is 6.54 Å². The number of halogens is 2. The van der Waals surface area contributed by atoms with Gasteiger partial charge in [0.25, 0.3) is 0 Å². The first-order chi connectivity index (χ1) is 8.20. The van der Waals surface area contributed by atoms with E-state index in [1.54, 1.807) is 23.3 Å². The number of aromatic nitrogens is 2. The van der Waals surface area contributed by atoms with Crippen LogP contribution in [0.3, 0.4) is 0 Å². The molecule has 0 saturated heterocycles. The third kappa shape index (κ3) is 5.89. The minimum Gasteiger partial charge on any atom is -0.337 e. The molecule has 0 atom stereocenters. The summed E-state index contributed by atoms with van der Waals surface area (Å²) in [5.41, 5.74) is 0. The van der Waals surface area contributed by atoms with Crippen molar-refractivity contribution < 1.29 is 13.6 Å². The zero-order valence-electron chi connectivity index (χ0n) is 9.30. The molecule has 0 saturated carbocycles. The monoisotopic (exact) mass is 300 g/mol. The van der Waals surface area contributed by atoms with Crippen molar-refractivity contribution in [2.75, 3.05) is 31.1 Å². The molecular weight excluding hydrogens is 286 g/mol. The summed E-state index contributed by atoms with van der Waals surface area (Å²) in [6.45, 7) is 0.915. The molecule has 0 aliphatic rings. The van der Waals surface area contributed by atoms with E-state index in [-0.39, 0.29) is 31.1 Å². The molecular formula is C9H15Cl2N2O3P. The summed E-state index contributed by atoms with van der Waals surface area (Å²) in [6.07, 6.45) is 5.36. The Hall–Kier alpha value is -0.0600. The zero-order chi connectivity index (χ0) is 12.6. The lowest BCUT2D eigenvalue weighted by atomic mass is 10.7. The third-order valence-corrected chi connectivity index (χ3v) is 4.13. The van der Waals surface area contributed by atoms with Gasteiger partial charge in [-0.05, 0) is 0 Å². The van der Waals surface area contributed by atoms with Gasteiger partial charge in [-0.15, -0.1) is 23.2 Å². The van der Waals surface area contributed by atoms with Gasteiger partial charge < -0.3 is 13.6 Å². The Morgan fingerprint density at radius 1 is 1.24 bits per heavy atom. The highest BCUT2D eigenvalue weighted by molar-refractivity contribution is 7.53. The fourth-order valence-corrected chi connectivity index (χ4v) is 3.09. The summed E-state index contributed by atoms with van der Waals surface area (Å²) in [5, 5.41) is 0. The van der Waals surface area contributed by atoms with Crippen LogP contribution in [-0.4, -0.2) is 40.7 Å². The topological polar surface area (TPSA) is 53.4 Å². The van der Waals surface area contributed by atoms with E-state index in [0.717, 1.165) is 0 Å². The highest BCUT2D eigenvalue weighted by Crippen LogP contribution is 2.48. The fourth-order valence-electron chi connectivity index (χ4n) is 1.17. The van der Waals surface area contributed by atoms with E-state index in [2.05, 4.69) is 4.98 Å². The summed E-state index contributed by atoms with van der Waals surface area (Å²) in [7, 11) is -3.11. The van der Waals surface area contributed by atoms with E-state index in [1.165, 1.54) is 0 Å². The smallest absolute Gasteiger partial charge is 0.332 e. The van der Waals surface area contributed by atoms with E-state index in [9.17, 15) is 4.57 Å². The SMILES string of the molecule is O=P(CCn1ccnc1)(OCCCl)OCCCl. The Bertz CT molecular complexity index is 336. The van der Waals surface area contributed by atoms with E-state index >= 15 is 0 Å². The maximum atomic E-state index is 12.2. The molecule has 17 heavy (non-hydrogen) atoms. The lowest BCUT2D eigenvalue weighted by Crippen LogP contribution is -2.08. The Balaban J connectivity index is 2.47. The number of alkyl halides is 2. The Kier molecular flexibility index (Phi) is 7.16. The molecule has 98 valence electrons. The predicted molar refractivity (Wildman–Crippen MR) is 68.0 cm³/mol. The molecule has 1 aromatic heterocycles. The average Bonchev–Trinajstić information content (AvgIpc) is 2.85. The van der Waals surface area contributed by atoms with E-state index in [0.29, 0.717) is 6.54 Å². The average molecular weight is 301 g/mol. The second-order valence-electron chi connectivity index (χ2n) is 3.18. The number of aryl methyl sites for hydroxylation is 1. The van der Waals surface area contributed by atoms with Crippen LogP contribution in [0.15, 0.2) is 18.7 Å². The van der Waals surface area contributed by atoms with Gasteiger partial charge in [-0.2, -0.15) is 0 Å². The number of nitrogens with zero attached hydrogens (tertiary/aromatic N) is 2. The molecule has 0 N–H and O–H groups in total. The Morgan fingerprint density at radius 2 is 1.88 bits per heavy atom. The highest BCUT2D eigenvalue weighted by Gasteiger charge is 2.24. The van der Waals surface area contributed by atoms with Crippen LogP contribution in [0.1, 0.15) is 0 Å². The third-order valence-electron chi connectivity index (χ3n) is 1.92. The van der Waals surface area contributed by atoms with Crippen molar-refractivity contribution in [3.63, 3.8) is 0 Å². The number of rotatable bonds is 9. The molecule has 1 aromatic rings. The van der Waals surface area contributed by atoms with Gasteiger partial charge in [0.05, 0.1) is 25.7 Å². The largest absolute Gasteiger partial charge is 0.337 e. The molecule has 8 heteroatoms. The first kappa shape index (κ1) is 15.0. The van der Waals surface area contributed by atoms with Crippen LogP contribution in [0, 0.1) is 0 Å². The van der Waals surface area contributed by atoms with Crippen molar-refractivity contribution >= 4 is 30.8 Å². The molecule has 0 unspecified atom stereocenters. The van der Waals surface area contributed by atoms with Gasteiger partial charge >= 0.3 is 7.60 Å². The first-order valence-corrected chi connectivity index (χ1v) is 7.96. The van der Waals surface area contributed by atoms with Crippen LogP contribution < -0.4 is 0 Å². The van der Waals surface area contributed by atoms with Crippen molar-refractivity contribution in [3.8, 4) is 0 Å². The van der Waals surface area contributed by atoms with Gasteiger partial charge in [-0.1, -0.05) is 0 Å². The van der Waals surface area contributed by atoms with Crippen molar-refractivity contribution in [1.82, 2.24) is 9.55 Å². The van der Waals surface area contributed by atoms with E-state index in [4.69, 9.17) is 32.2 Å². The minimum atomic E-state index is -3.11. The summed E-state index contributed by atoms with van der Waals surface area (Å²) in [4.78, 5) is 3.90. The Labute approximate surface area is 111 Å². The molecule has 0 spiro atoms. The number of imidazole rings is 1. The molecule has 0 amide bonds. The van der Waals surface area contributed by atoms with Crippen LogP contribution in [0.25, 0.3) is 0 Å². The van der Waals surface area contributed by atoms with Gasteiger partial charge in [0.1, 0.15) is 0 Å². The zero-order valence-corrected chi connectivity index (χ0v) is 11.7. The van der Waals surface area contributed by atoms with Gasteiger partial charge in [0.2, 0.25) is 0 Å². The predicted octanol–water partition coefficient (Wildman–Crippen LogP) is 2.59. The van der Waals surface area contributed by atoms with E-state index < -0.39 is 7.60 Å². The molecule has 0 fully saturated rings. The minimum absolute atomic E-state index is 0.199. The molecule has 5 nitrogen and oxygen atoms in total. The number of hydrogen-bond acceptors (Lipinski definition) is 4. The van der Waals surface area contributed by atoms with Crippen LogP contribution >= 0.6 is 30.8 Å². The van der Waals surface area contributed by atoms with Gasteiger partial charge in [-0.25, -0.2) is 4.98 Å². The second-order valence-corrected chi connectivity index (χ2v) is 6.12. The van der Waals surface area contributed by atoms with Crippen molar-refractivity contribution in [1.29, 1.82) is 0 Å². The molecule has 0 bridgehead atoms. The van der Waals surface area contributed by atoms with Crippen LogP contribution in [0.2, 0.25) is 0 Å². The molecule has 0 aromatic carbocycles. The number of hydrogen-bond donors (Lipinski definition) is 0.